The van der Waals surface area contributed by atoms with Gasteiger partial charge in [0, 0.05) is 25.7 Å². The molecule has 0 aromatic rings. The lowest BCUT2D eigenvalue weighted by Crippen LogP contribution is -2.30. The number of unbranched alkanes of at least 4 members (excludes halogenated alkanes) is 44. The van der Waals surface area contributed by atoms with Crippen molar-refractivity contribution in [1.29, 1.82) is 0 Å². The number of esters is 4. The maximum atomic E-state index is 13.1. The van der Waals surface area contributed by atoms with Gasteiger partial charge in [0.2, 0.25) is 0 Å². The van der Waals surface area contributed by atoms with Crippen LogP contribution in [-0.2, 0) is 65.4 Å². The minimum Gasteiger partial charge on any atom is -0.462 e. The van der Waals surface area contributed by atoms with Crippen molar-refractivity contribution in [3.05, 3.63) is 0 Å². The van der Waals surface area contributed by atoms with E-state index in [-0.39, 0.29) is 25.7 Å². The fraction of sp³-hybridized carbons (Fsp3) is 0.949. The van der Waals surface area contributed by atoms with Gasteiger partial charge in [-0.15, -0.1) is 0 Å². The molecule has 2 unspecified atom stereocenters. The number of aliphatic hydroxyl groups excluding tert-OH is 1. The maximum absolute atomic E-state index is 13.1. The minimum absolute atomic E-state index is 0.105. The summed E-state index contributed by atoms with van der Waals surface area (Å²) in [7, 11) is -9.91. The number of rotatable bonds is 76. The molecule has 0 saturated carbocycles. The molecule has 0 saturated heterocycles. The molecule has 0 amide bonds. The Kier molecular flexibility index (Phi) is 67.1. The molecule has 0 rings (SSSR count). The van der Waals surface area contributed by atoms with Gasteiger partial charge in [0.1, 0.15) is 19.3 Å². The molecule has 576 valence electrons. The van der Waals surface area contributed by atoms with Crippen LogP contribution in [0.2, 0.25) is 0 Å². The van der Waals surface area contributed by atoms with Crippen LogP contribution in [-0.4, -0.2) is 96.7 Å². The van der Waals surface area contributed by atoms with Gasteiger partial charge in [-0.05, 0) is 43.4 Å². The van der Waals surface area contributed by atoms with E-state index in [1.165, 1.54) is 212 Å². The molecule has 0 aliphatic carbocycles. The molecule has 19 heteroatoms. The van der Waals surface area contributed by atoms with Crippen molar-refractivity contribution in [1.82, 2.24) is 0 Å². The highest BCUT2D eigenvalue weighted by Crippen LogP contribution is 2.45. The van der Waals surface area contributed by atoms with Crippen LogP contribution in [0.3, 0.4) is 0 Å². The normalized spacial score (nSPS) is 14.0. The molecule has 3 N–H and O–H groups in total. The Morgan fingerprint density at radius 2 is 0.474 bits per heavy atom. The highest BCUT2D eigenvalue weighted by atomic mass is 31.2. The Morgan fingerprint density at radius 1 is 0.278 bits per heavy atom. The van der Waals surface area contributed by atoms with Crippen LogP contribution in [0.1, 0.15) is 402 Å². The van der Waals surface area contributed by atoms with Gasteiger partial charge in [0.15, 0.2) is 12.2 Å². The third-order valence-corrected chi connectivity index (χ3v) is 20.0. The zero-order valence-electron chi connectivity index (χ0n) is 63.5. The lowest BCUT2D eigenvalue weighted by atomic mass is 10.0. The molecule has 0 heterocycles. The van der Waals surface area contributed by atoms with Crippen molar-refractivity contribution in [2.24, 2.45) is 17.8 Å². The van der Waals surface area contributed by atoms with E-state index in [0.717, 1.165) is 108 Å². The molecular weight excluding hydrogens is 1270 g/mol. The van der Waals surface area contributed by atoms with Crippen molar-refractivity contribution in [3.8, 4) is 0 Å². The second-order valence-electron chi connectivity index (χ2n) is 29.5. The van der Waals surface area contributed by atoms with E-state index >= 15 is 0 Å². The fourth-order valence-corrected chi connectivity index (χ4v) is 13.5. The van der Waals surface area contributed by atoms with Crippen LogP contribution in [0, 0.1) is 17.8 Å². The van der Waals surface area contributed by atoms with E-state index in [2.05, 4.69) is 48.5 Å². The zero-order chi connectivity index (χ0) is 71.6. The second-order valence-corrected chi connectivity index (χ2v) is 32.4. The molecule has 5 atom stereocenters. The summed E-state index contributed by atoms with van der Waals surface area (Å²) in [5.41, 5.74) is 0. The maximum Gasteiger partial charge on any atom is 0.472 e. The molecule has 0 aliphatic rings. The Balaban J connectivity index is 5.20. The van der Waals surface area contributed by atoms with Crippen molar-refractivity contribution in [3.63, 3.8) is 0 Å². The molecule has 17 nitrogen and oxygen atoms in total. The van der Waals surface area contributed by atoms with Gasteiger partial charge in [0.05, 0.1) is 26.4 Å². The van der Waals surface area contributed by atoms with Crippen molar-refractivity contribution in [2.45, 2.75) is 420 Å². The average Bonchev–Trinajstić information content (AvgIpc) is 1.02. The summed E-state index contributed by atoms with van der Waals surface area (Å²) in [4.78, 5) is 72.8. The highest BCUT2D eigenvalue weighted by Gasteiger charge is 2.30. The molecule has 97 heavy (non-hydrogen) atoms. The smallest absolute Gasteiger partial charge is 0.462 e. The zero-order valence-corrected chi connectivity index (χ0v) is 65.3. The van der Waals surface area contributed by atoms with Crippen molar-refractivity contribution in [2.75, 3.05) is 39.6 Å². The Morgan fingerprint density at radius 3 is 0.701 bits per heavy atom. The monoisotopic (exact) mass is 1420 g/mol. The first kappa shape index (κ1) is 95.1. The first-order valence-corrected chi connectivity index (χ1v) is 43.3. The van der Waals surface area contributed by atoms with Gasteiger partial charge < -0.3 is 33.8 Å². The number of phosphoric ester groups is 2. The molecule has 0 spiro atoms. The van der Waals surface area contributed by atoms with Crippen LogP contribution < -0.4 is 0 Å². The number of ether oxygens (including phenoxy) is 4. The lowest BCUT2D eigenvalue weighted by molar-refractivity contribution is -0.161. The summed E-state index contributed by atoms with van der Waals surface area (Å²) in [6, 6.07) is 0. The van der Waals surface area contributed by atoms with E-state index in [1.807, 2.05) is 0 Å². The molecular formula is C78H152O17P2. The third kappa shape index (κ3) is 72.2. The second kappa shape index (κ2) is 68.5. The number of phosphoric acid groups is 2. The molecule has 0 aliphatic heterocycles. The average molecular weight is 1420 g/mol. The SMILES string of the molecule is CCCCCCCCCCCC(=O)OC[C@H](COP(=O)(O)OC[C@H](O)COP(=O)(O)OC[C@@H](COC(=O)CCCCCCCCCCCCCCC(C)C)OC(=O)CCCCCCCCCCCCCCCCCCCCC(C)C)OC(=O)CCCCCCCCCCCC(C)C. The van der Waals surface area contributed by atoms with Crippen molar-refractivity contribution < 1.29 is 80.2 Å². The van der Waals surface area contributed by atoms with Crippen LogP contribution in [0.5, 0.6) is 0 Å². The summed E-state index contributed by atoms with van der Waals surface area (Å²) in [5.74, 6) is 0.222. The number of hydrogen-bond donors (Lipinski definition) is 3. The topological polar surface area (TPSA) is 237 Å². The van der Waals surface area contributed by atoms with Gasteiger partial charge in [-0.2, -0.15) is 0 Å². The van der Waals surface area contributed by atoms with Crippen LogP contribution in [0.15, 0.2) is 0 Å². The van der Waals surface area contributed by atoms with Crippen LogP contribution in [0.25, 0.3) is 0 Å². The van der Waals surface area contributed by atoms with E-state index in [9.17, 15) is 43.2 Å². The quantitative estimate of drug-likeness (QED) is 0.0222. The molecule has 0 bridgehead atoms. The van der Waals surface area contributed by atoms with Gasteiger partial charge in [-0.3, -0.25) is 37.3 Å². The first-order valence-electron chi connectivity index (χ1n) is 40.3. The van der Waals surface area contributed by atoms with Crippen LogP contribution in [0.4, 0.5) is 0 Å². The fourth-order valence-electron chi connectivity index (χ4n) is 12.0. The van der Waals surface area contributed by atoms with Crippen molar-refractivity contribution >= 4 is 39.5 Å². The lowest BCUT2D eigenvalue weighted by Gasteiger charge is -2.21. The van der Waals surface area contributed by atoms with Gasteiger partial charge in [0.25, 0.3) is 0 Å². The van der Waals surface area contributed by atoms with E-state index in [4.69, 9.17) is 37.0 Å². The Bertz CT molecular complexity index is 1890. The number of aliphatic hydroxyl groups is 1. The standard InChI is InChI=1S/C78H152O17P2/c1-8-9-10-11-12-28-38-45-52-59-75(80)88-65-73(95-78(83)62-55-48-41-34-27-31-37-44-51-58-71(6)7)67-92-96(84,85)90-63-72(79)64-91-97(86,87)93-68-74(66-89-76(81)60-53-46-39-32-25-22-21-24-30-36-43-50-57-70(4)5)94-77(82)61-54-47-40-33-26-20-18-16-14-13-15-17-19-23-29-35-42-49-56-69(2)3/h69-74,79H,8-68H2,1-7H3,(H,84,85)(H,86,87)/t72-,73+,74+/m0/s1. The summed E-state index contributed by atoms with van der Waals surface area (Å²) >= 11 is 0. The predicted molar refractivity (Wildman–Crippen MR) is 395 cm³/mol. The third-order valence-electron chi connectivity index (χ3n) is 18.1. The Labute approximate surface area is 594 Å². The minimum atomic E-state index is -4.96. The molecule has 0 aromatic heterocycles. The van der Waals surface area contributed by atoms with E-state index in [1.54, 1.807) is 0 Å². The van der Waals surface area contributed by atoms with E-state index in [0.29, 0.717) is 25.7 Å². The Hall–Kier alpha value is -1.94. The summed E-state index contributed by atoms with van der Waals surface area (Å²) in [6.45, 7) is 11.9. The molecule has 0 fully saturated rings. The van der Waals surface area contributed by atoms with Gasteiger partial charge in [-0.25, -0.2) is 9.13 Å². The largest absolute Gasteiger partial charge is 0.472 e. The molecule has 0 aromatic carbocycles. The number of hydrogen-bond acceptors (Lipinski definition) is 15. The summed E-state index contributed by atoms with van der Waals surface area (Å²) in [5, 5.41) is 10.6. The van der Waals surface area contributed by atoms with Gasteiger partial charge in [-0.1, -0.05) is 350 Å². The number of carbonyl (C=O) groups excluding carboxylic acids is 4. The predicted octanol–water partition coefficient (Wildman–Crippen LogP) is 23.0. The molecule has 0 radical (unpaired) electrons. The highest BCUT2D eigenvalue weighted by molar-refractivity contribution is 7.47. The van der Waals surface area contributed by atoms with Crippen LogP contribution >= 0.6 is 15.6 Å². The first-order chi connectivity index (χ1) is 46.7. The number of carbonyl (C=O) groups is 4. The van der Waals surface area contributed by atoms with E-state index < -0.39 is 97.5 Å². The van der Waals surface area contributed by atoms with Gasteiger partial charge >= 0.3 is 39.5 Å². The summed E-state index contributed by atoms with van der Waals surface area (Å²) < 4.78 is 68.5. The summed E-state index contributed by atoms with van der Waals surface area (Å²) in [6.07, 6.45) is 55.6.